The number of hydrogen-bond donors (Lipinski definition) is 5. The van der Waals surface area contributed by atoms with E-state index in [1.54, 1.807) is 0 Å². The molecule has 0 aromatic rings. The van der Waals surface area contributed by atoms with Crippen LogP contribution in [0, 0.1) is 0 Å². The summed E-state index contributed by atoms with van der Waals surface area (Å²) in [5.41, 5.74) is 0. The van der Waals surface area contributed by atoms with Gasteiger partial charge in [0.2, 0.25) is 5.91 Å². The van der Waals surface area contributed by atoms with Crippen LogP contribution >= 0.6 is 0 Å². The minimum Gasteiger partial charge on any atom is -0.480 e. The van der Waals surface area contributed by atoms with Gasteiger partial charge in [0.15, 0.2) is 0 Å². The van der Waals surface area contributed by atoms with Gasteiger partial charge in [0.05, 0.1) is 39.3 Å². The van der Waals surface area contributed by atoms with Gasteiger partial charge in [-0.2, -0.15) is 0 Å². The van der Waals surface area contributed by atoms with Crippen molar-refractivity contribution in [3.05, 3.63) is 0 Å². The van der Waals surface area contributed by atoms with Crippen molar-refractivity contribution in [2.24, 2.45) is 0 Å². The summed E-state index contributed by atoms with van der Waals surface area (Å²) in [7, 11) is 1.47. The summed E-state index contributed by atoms with van der Waals surface area (Å²) < 4.78 is 4.81. The zero-order chi connectivity index (χ0) is 23.8. The topological polar surface area (TPSA) is 197 Å². The second-order valence-electron chi connectivity index (χ2n) is 6.62. The number of aliphatic carboxylic acids is 4. The lowest BCUT2D eigenvalue weighted by molar-refractivity contribution is -0.143. The van der Waals surface area contributed by atoms with Crippen LogP contribution in [0.15, 0.2) is 0 Å². The van der Waals surface area contributed by atoms with E-state index in [2.05, 4.69) is 5.32 Å². The van der Waals surface area contributed by atoms with Crippen molar-refractivity contribution < 1.29 is 49.1 Å². The Bertz CT molecular complexity index is 600. The van der Waals surface area contributed by atoms with E-state index < -0.39 is 56.0 Å². The fourth-order valence-electron chi connectivity index (χ4n) is 2.58. The van der Waals surface area contributed by atoms with Gasteiger partial charge < -0.3 is 30.5 Å². The molecule has 0 fully saturated rings. The van der Waals surface area contributed by atoms with Crippen molar-refractivity contribution in [1.82, 2.24) is 20.0 Å². The molecule has 178 valence electrons. The summed E-state index contributed by atoms with van der Waals surface area (Å²) >= 11 is 0. The Labute approximate surface area is 179 Å². The maximum atomic E-state index is 11.9. The molecule has 0 spiro atoms. The number of carbonyl (C=O) groups is 5. The van der Waals surface area contributed by atoms with Crippen molar-refractivity contribution >= 4 is 29.8 Å². The molecular formula is C17H30N4O10. The van der Waals surface area contributed by atoms with Crippen LogP contribution in [-0.2, 0) is 28.7 Å². The number of nitrogens with one attached hydrogen (secondary N) is 1. The van der Waals surface area contributed by atoms with Crippen LogP contribution in [0.1, 0.15) is 0 Å². The van der Waals surface area contributed by atoms with Crippen molar-refractivity contribution in [2.75, 3.05) is 79.2 Å². The van der Waals surface area contributed by atoms with Gasteiger partial charge in [-0.3, -0.25) is 38.7 Å². The number of hydrogen-bond acceptors (Lipinski definition) is 9. The normalized spacial score (nSPS) is 11.1. The fourth-order valence-corrected chi connectivity index (χ4v) is 2.58. The Hall–Kier alpha value is -2.81. The molecule has 0 aliphatic heterocycles. The van der Waals surface area contributed by atoms with Crippen LogP contribution in [0.2, 0.25) is 0 Å². The van der Waals surface area contributed by atoms with Crippen LogP contribution in [0.3, 0.4) is 0 Å². The maximum Gasteiger partial charge on any atom is 0.317 e. The van der Waals surface area contributed by atoms with Crippen LogP contribution in [-0.4, -0.2) is 144 Å². The van der Waals surface area contributed by atoms with Crippen LogP contribution < -0.4 is 5.32 Å². The Morgan fingerprint density at radius 1 is 0.645 bits per heavy atom. The molecule has 0 aliphatic rings. The van der Waals surface area contributed by atoms with Gasteiger partial charge in [-0.25, -0.2) is 0 Å². The Morgan fingerprint density at radius 2 is 1.00 bits per heavy atom. The van der Waals surface area contributed by atoms with Crippen molar-refractivity contribution in [1.29, 1.82) is 0 Å². The van der Waals surface area contributed by atoms with Gasteiger partial charge in [0.25, 0.3) is 0 Å². The highest BCUT2D eigenvalue weighted by atomic mass is 16.5. The molecule has 0 bridgehead atoms. The summed E-state index contributed by atoms with van der Waals surface area (Å²) in [6, 6.07) is 0. The fraction of sp³-hybridized carbons (Fsp3) is 0.706. The molecule has 0 saturated carbocycles. The van der Waals surface area contributed by atoms with Crippen molar-refractivity contribution in [3.63, 3.8) is 0 Å². The molecule has 0 radical (unpaired) electrons. The Kier molecular flexibility index (Phi) is 14.5. The predicted molar refractivity (Wildman–Crippen MR) is 105 cm³/mol. The molecule has 0 aliphatic carbocycles. The number of carbonyl (C=O) groups excluding carboxylic acids is 1. The first-order valence-electron chi connectivity index (χ1n) is 9.33. The summed E-state index contributed by atoms with van der Waals surface area (Å²) in [5, 5.41) is 38.5. The largest absolute Gasteiger partial charge is 0.480 e. The summed E-state index contributed by atoms with van der Waals surface area (Å²) in [4.78, 5) is 59.8. The van der Waals surface area contributed by atoms with Crippen LogP contribution in [0.4, 0.5) is 0 Å². The molecule has 31 heavy (non-hydrogen) atoms. The predicted octanol–water partition coefficient (Wildman–Crippen LogP) is -3.01. The van der Waals surface area contributed by atoms with Gasteiger partial charge >= 0.3 is 23.9 Å². The summed E-state index contributed by atoms with van der Waals surface area (Å²) in [5.74, 6) is -5.19. The van der Waals surface area contributed by atoms with Gasteiger partial charge in [0, 0.05) is 39.8 Å². The summed E-state index contributed by atoms with van der Waals surface area (Å²) in [6.45, 7) is -1.46. The second-order valence-corrected chi connectivity index (χ2v) is 6.62. The molecule has 0 atom stereocenters. The SMILES string of the molecule is COCCNC(=O)CN(CCN(CCN(CC(=O)O)CC(=O)O)CC(=O)O)CC(=O)O. The average Bonchev–Trinajstić information content (AvgIpc) is 2.62. The highest BCUT2D eigenvalue weighted by Crippen LogP contribution is 1.97. The molecule has 5 N–H and O–H groups in total. The molecule has 0 aromatic heterocycles. The lowest BCUT2D eigenvalue weighted by Gasteiger charge is -2.27. The average molecular weight is 450 g/mol. The van der Waals surface area contributed by atoms with E-state index in [0.717, 1.165) is 4.90 Å². The molecular weight excluding hydrogens is 420 g/mol. The third kappa shape index (κ3) is 16.7. The quantitative estimate of drug-likeness (QED) is 0.125. The van der Waals surface area contributed by atoms with Crippen LogP contribution in [0.5, 0.6) is 0 Å². The van der Waals surface area contributed by atoms with E-state index in [9.17, 15) is 24.0 Å². The van der Waals surface area contributed by atoms with E-state index in [4.69, 9.17) is 25.2 Å². The minimum absolute atomic E-state index is 0.0255. The lowest BCUT2D eigenvalue weighted by atomic mass is 10.3. The molecule has 0 saturated heterocycles. The number of rotatable bonds is 19. The van der Waals surface area contributed by atoms with E-state index in [1.807, 2.05) is 0 Å². The van der Waals surface area contributed by atoms with Crippen LogP contribution in [0.25, 0.3) is 0 Å². The number of nitrogens with zero attached hydrogens (tertiary/aromatic N) is 3. The first-order valence-corrected chi connectivity index (χ1v) is 9.33. The maximum absolute atomic E-state index is 11.9. The smallest absolute Gasteiger partial charge is 0.317 e. The number of carboxylic acids is 4. The number of carboxylic acid groups (broad SMARTS) is 4. The minimum atomic E-state index is -1.22. The standard InChI is InChI=1S/C17H30N4O10/c1-31-7-2-18-13(22)8-20(10-15(25)26)5-3-19(9-14(23)24)4-6-21(11-16(27)28)12-17(29)30/h2-12H2,1H3,(H,18,22)(H,23,24)(H,25,26)(H,27,28)(H,29,30). The number of ether oxygens (including phenoxy) is 1. The van der Waals surface area contributed by atoms with Crippen molar-refractivity contribution in [2.45, 2.75) is 0 Å². The first-order chi connectivity index (χ1) is 14.5. The molecule has 0 heterocycles. The third-order valence-electron chi connectivity index (χ3n) is 3.90. The number of amides is 1. The lowest BCUT2D eigenvalue weighted by Crippen LogP contribution is -2.46. The Morgan fingerprint density at radius 3 is 1.39 bits per heavy atom. The highest BCUT2D eigenvalue weighted by Gasteiger charge is 2.19. The molecule has 1 amide bonds. The molecule has 14 heteroatoms. The zero-order valence-corrected chi connectivity index (χ0v) is 17.4. The Balaban J connectivity index is 4.92. The van der Waals surface area contributed by atoms with Gasteiger partial charge in [0.1, 0.15) is 0 Å². The summed E-state index contributed by atoms with van der Waals surface area (Å²) in [6.07, 6.45) is 0. The third-order valence-corrected chi connectivity index (χ3v) is 3.90. The van der Waals surface area contributed by atoms with Gasteiger partial charge in [-0.05, 0) is 0 Å². The molecule has 0 aromatic carbocycles. The monoisotopic (exact) mass is 450 g/mol. The molecule has 0 unspecified atom stereocenters. The van der Waals surface area contributed by atoms with Gasteiger partial charge in [-0.15, -0.1) is 0 Å². The first kappa shape index (κ1) is 28.2. The zero-order valence-electron chi connectivity index (χ0n) is 17.4. The van der Waals surface area contributed by atoms with E-state index in [-0.39, 0.29) is 39.3 Å². The van der Waals surface area contributed by atoms with E-state index in [1.165, 1.54) is 16.9 Å². The van der Waals surface area contributed by atoms with Gasteiger partial charge in [-0.1, -0.05) is 0 Å². The van der Waals surface area contributed by atoms with Crippen molar-refractivity contribution in [3.8, 4) is 0 Å². The second kappa shape index (κ2) is 16.0. The molecule has 14 nitrogen and oxygen atoms in total. The number of methoxy groups -OCH3 is 1. The van der Waals surface area contributed by atoms with E-state index >= 15 is 0 Å². The highest BCUT2D eigenvalue weighted by molar-refractivity contribution is 5.79. The molecule has 0 rings (SSSR count). The van der Waals surface area contributed by atoms with E-state index in [0.29, 0.717) is 6.61 Å².